The molecule has 0 aromatic heterocycles. The molecule has 0 N–H and O–H groups in total. The van der Waals surface area contributed by atoms with E-state index >= 15 is 0 Å². The summed E-state index contributed by atoms with van der Waals surface area (Å²) in [6.45, 7) is 5.87. The third-order valence-corrected chi connectivity index (χ3v) is 2.83. The summed E-state index contributed by atoms with van der Waals surface area (Å²) >= 11 is 0. The minimum Gasteiger partial charge on any atom is -0.372 e. The molecule has 0 unspecified atom stereocenters. The van der Waals surface area contributed by atoms with Gasteiger partial charge in [-0.1, -0.05) is 13.3 Å². The second-order valence-corrected chi connectivity index (χ2v) is 4.00. The molecule has 0 radical (unpaired) electrons. The summed E-state index contributed by atoms with van der Waals surface area (Å²) in [5.74, 6) is 0. The molecular formula is C13H17N3O2. The van der Waals surface area contributed by atoms with Crippen LogP contribution in [0, 0.1) is 21.4 Å². The number of benzene rings is 1. The van der Waals surface area contributed by atoms with Gasteiger partial charge in [0.1, 0.15) is 11.6 Å². The van der Waals surface area contributed by atoms with Crippen molar-refractivity contribution in [2.45, 2.75) is 26.7 Å². The van der Waals surface area contributed by atoms with Crippen LogP contribution in [0.25, 0.3) is 0 Å². The maximum atomic E-state index is 10.7. The summed E-state index contributed by atoms with van der Waals surface area (Å²) in [6.07, 6.45) is 2.15. The molecule has 0 atom stereocenters. The standard InChI is InChI=1S/C13H17N3O2/c1-3-5-8-15(4-2)12-6-7-13(16(17)18)11(9-12)10-14/h6-7,9H,3-5,8H2,1-2H3. The first-order valence-corrected chi connectivity index (χ1v) is 6.07. The predicted molar refractivity (Wildman–Crippen MR) is 70.6 cm³/mol. The first kappa shape index (κ1) is 14.0. The Bertz CT molecular complexity index is 466. The van der Waals surface area contributed by atoms with Crippen LogP contribution in [0.3, 0.4) is 0 Å². The molecule has 0 bridgehead atoms. The Labute approximate surface area is 107 Å². The molecule has 1 rings (SSSR count). The van der Waals surface area contributed by atoms with Gasteiger partial charge in [0.15, 0.2) is 0 Å². The second kappa shape index (κ2) is 6.60. The van der Waals surface area contributed by atoms with E-state index in [2.05, 4.69) is 11.8 Å². The van der Waals surface area contributed by atoms with Gasteiger partial charge in [-0.05, 0) is 25.5 Å². The molecule has 18 heavy (non-hydrogen) atoms. The van der Waals surface area contributed by atoms with Crippen molar-refractivity contribution in [2.24, 2.45) is 0 Å². The lowest BCUT2D eigenvalue weighted by atomic mass is 10.1. The molecule has 0 aliphatic heterocycles. The maximum absolute atomic E-state index is 10.7. The van der Waals surface area contributed by atoms with Crippen molar-refractivity contribution in [3.63, 3.8) is 0 Å². The summed E-state index contributed by atoms with van der Waals surface area (Å²) < 4.78 is 0. The molecule has 1 aromatic carbocycles. The lowest BCUT2D eigenvalue weighted by molar-refractivity contribution is -0.385. The first-order chi connectivity index (χ1) is 8.63. The highest BCUT2D eigenvalue weighted by atomic mass is 16.6. The smallest absolute Gasteiger partial charge is 0.287 e. The fourth-order valence-corrected chi connectivity index (χ4v) is 1.79. The molecule has 0 heterocycles. The van der Waals surface area contributed by atoms with Crippen LogP contribution in [-0.4, -0.2) is 18.0 Å². The number of nitriles is 1. The lowest BCUT2D eigenvalue weighted by Crippen LogP contribution is -2.23. The summed E-state index contributed by atoms with van der Waals surface area (Å²) in [4.78, 5) is 12.3. The van der Waals surface area contributed by atoms with Gasteiger partial charge in [0.05, 0.1) is 4.92 Å². The van der Waals surface area contributed by atoms with Crippen molar-refractivity contribution < 1.29 is 4.92 Å². The summed E-state index contributed by atoms with van der Waals surface area (Å²) in [6, 6.07) is 6.59. The summed E-state index contributed by atoms with van der Waals surface area (Å²) in [5.41, 5.74) is 0.855. The van der Waals surface area contributed by atoms with Crippen LogP contribution in [0.4, 0.5) is 11.4 Å². The van der Waals surface area contributed by atoms with E-state index in [-0.39, 0.29) is 11.3 Å². The minimum atomic E-state index is -0.523. The number of nitro benzene ring substituents is 1. The number of unbranched alkanes of at least 4 members (excludes halogenated alkanes) is 1. The molecule has 96 valence electrons. The average molecular weight is 247 g/mol. The number of anilines is 1. The summed E-state index contributed by atoms with van der Waals surface area (Å²) in [5, 5.41) is 19.7. The van der Waals surface area contributed by atoms with E-state index < -0.39 is 4.92 Å². The molecule has 0 saturated heterocycles. The zero-order valence-corrected chi connectivity index (χ0v) is 10.7. The number of nitrogens with zero attached hydrogens (tertiary/aromatic N) is 3. The third kappa shape index (κ3) is 3.20. The molecular weight excluding hydrogens is 230 g/mol. The van der Waals surface area contributed by atoms with E-state index in [1.807, 2.05) is 13.0 Å². The van der Waals surface area contributed by atoms with Gasteiger partial charge in [-0.2, -0.15) is 5.26 Å². The maximum Gasteiger partial charge on any atom is 0.287 e. The van der Waals surface area contributed by atoms with Crippen LogP contribution < -0.4 is 4.90 Å². The zero-order chi connectivity index (χ0) is 13.5. The van der Waals surface area contributed by atoms with E-state index in [9.17, 15) is 10.1 Å². The van der Waals surface area contributed by atoms with Crippen molar-refractivity contribution in [1.82, 2.24) is 0 Å². The summed E-state index contributed by atoms with van der Waals surface area (Å²) in [7, 11) is 0. The Balaban J connectivity index is 3.04. The molecule has 0 aliphatic carbocycles. The van der Waals surface area contributed by atoms with Gasteiger partial charge in [0.2, 0.25) is 0 Å². The van der Waals surface area contributed by atoms with Gasteiger partial charge in [0, 0.05) is 24.8 Å². The van der Waals surface area contributed by atoms with Gasteiger partial charge >= 0.3 is 0 Å². The van der Waals surface area contributed by atoms with Crippen LogP contribution in [0.1, 0.15) is 32.3 Å². The van der Waals surface area contributed by atoms with Crippen molar-refractivity contribution in [2.75, 3.05) is 18.0 Å². The topological polar surface area (TPSA) is 70.2 Å². The predicted octanol–water partition coefficient (Wildman–Crippen LogP) is 3.09. The number of nitro groups is 1. The molecule has 1 aromatic rings. The van der Waals surface area contributed by atoms with Crippen LogP contribution >= 0.6 is 0 Å². The van der Waals surface area contributed by atoms with Crippen molar-refractivity contribution >= 4 is 11.4 Å². The van der Waals surface area contributed by atoms with Gasteiger partial charge in [-0.3, -0.25) is 10.1 Å². The van der Waals surface area contributed by atoms with Crippen molar-refractivity contribution in [1.29, 1.82) is 5.26 Å². The molecule has 5 heteroatoms. The van der Waals surface area contributed by atoms with Crippen molar-refractivity contribution in [3.05, 3.63) is 33.9 Å². The van der Waals surface area contributed by atoms with Crippen LogP contribution in [-0.2, 0) is 0 Å². The highest BCUT2D eigenvalue weighted by Gasteiger charge is 2.15. The SMILES string of the molecule is CCCCN(CC)c1ccc([N+](=O)[O-])c(C#N)c1. The Morgan fingerprint density at radius 3 is 2.67 bits per heavy atom. The van der Waals surface area contributed by atoms with Gasteiger partial charge in [-0.15, -0.1) is 0 Å². The lowest BCUT2D eigenvalue weighted by Gasteiger charge is -2.22. The third-order valence-electron chi connectivity index (χ3n) is 2.83. The van der Waals surface area contributed by atoms with E-state index in [4.69, 9.17) is 5.26 Å². The Morgan fingerprint density at radius 1 is 1.44 bits per heavy atom. The Kier molecular flexibility index (Phi) is 5.12. The number of hydrogen-bond donors (Lipinski definition) is 0. The largest absolute Gasteiger partial charge is 0.372 e. The highest BCUT2D eigenvalue weighted by Crippen LogP contribution is 2.24. The normalized spacial score (nSPS) is 9.83. The van der Waals surface area contributed by atoms with E-state index in [0.717, 1.165) is 31.6 Å². The molecule has 0 amide bonds. The van der Waals surface area contributed by atoms with Crippen molar-refractivity contribution in [3.8, 4) is 6.07 Å². The van der Waals surface area contributed by atoms with Gasteiger partial charge in [0.25, 0.3) is 5.69 Å². The molecule has 0 fully saturated rings. The fraction of sp³-hybridized carbons (Fsp3) is 0.462. The number of rotatable bonds is 6. The zero-order valence-electron chi connectivity index (χ0n) is 10.7. The van der Waals surface area contributed by atoms with E-state index in [1.165, 1.54) is 6.07 Å². The Hall–Kier alpha value is -2.09. The quantitative estimate of drug-likeness (QED) is 0.572. The van der Waals surface area contributed by atoms with Crippen LogP contribution in [0.2, 0.25) is 0 Å². The molecule has 0 spiro atoms. The van der Waals surface area contributed by atoms with E-state index in [1.54, 1.807) is 12.1 Å². The Morgan fingerprint density at radius 2 is 2.17 bits per heavy atom. The number of hydrogen-bond acceptors (Lipinski definition) is 4. The van der Waals surface area contributed by atoms with Crippen LogP contribution in [0.5, 0.6) is 0 Å². The average Bonchev–Trinajstić information content (AvgIpc) is 2.39. The molecule has 0 saturated carbocycles. The fourth-order valence-electron chi connectivity index (χ4n) is 1.79. The molecule has 0 aliphatic rings. The van der Waals surface area contributed by atoms with Crippen LogP contribution in [0.15, 0.2) is 18.2 Å². The monoisotopic (exact) mass is 247 g/mol. The second-order valence-electron chi connectivity index (χ2n) is 4.00. The highest BCUT2D eigenvalue weighted by molar-refractivity contribution is 5.59. The van der Waals surface area contributed by atoms with Gasteiger partial charge in [-0.25, -0.2) is 0 Å². The first-order valence-electron chi connectivity index (χ1n) is 6.07. The molecule has 5 nitrogen and oxygen atoms in total. The minimum absolute atomic E-state index is 0.118. The van der Waals surface area contributed by atoms with Gasteiger partial charge < -0.3 is 4.90 Å². The van der Waals surface area contributed by atoms with E-state index in [0.29, 0.717) is 0 Å².